The van der Waals surface area contributed by atoms with E-state index in [4.69, 9.17) is 4.98 Å². The highest BCUT2D eigenvalue weighted by Gasteiger charge is 2.35. The lowest BCUT2D eigenvalue weighted by Gasteiger charge is -2.45. The first-order chi connectivity index (χ1) is 17.6. The zero-order valence-corrected chi connectivity index (χ0v) is 20.0. The quantitative estimate of drug-likeness (QED) is 0.296. The van der Waals surface area contributed by atoms with Crippen molar-refractivity contribution in [2.24, 2.45) is 5.92 Å². The molecule has 8 rings (SSSR count). The minimum Gasteiger partial charge on any atom is -0.379 e. The number of nitrogens with zero attached hydrogens (tertiary/aromatic N) is 2. The molecule has 6 heterocycles. The summed E-state index contributed by atoms with van der Waals surface area (Å²) in [6.07, 6.45) is 3.21. The van der Waals surface area contributed by atoms with E-state index in [0.717, 1.165) is 63.0 Å². The van der Waals surface area contributed by atoms with Gasteiger partial charge in [0.2, 0.25) is 0 Å². The van der Waals surface area contributed by atoms with Gasteiger partial charge in [-0.05, 0) is 69.1 Å². The van der Waals surface area contributed by atoms with Gasteiger partial charge < -0.3 is 30.8 Å². The van der Waals surface area contributed by atoms with Crippen LogP contribution in [0.3, 0.4) is 0 Å². The third-order valence-corrected chi connectivity index (χ3v) is 8.13. The van der Waals surface area contributed by atoms with Crippen LogP contribution in [0.25, 0.3) is 33.3 Å². The van der Waals surface area contributed by atoms with Crippen LogP contribution in [-0.2, 0) is 0 Å². The molecule has 5 N–H and O–H groups in total. The number of imidazole rings is 1. The van der Waals surface area contributed by atoms with E-state index in [2.05, 4.69) is 30.8 Å². The largest absolute Gasteiger partial charge is 0.379 e. The number of H-pyrrole nitrogens is 2. The normalized spacial score (nSPS) is 25.6. The predicted molar refractivity (Wildman–Crippen MR) is 141 cm³/mol. The van der Waals surface area contributed by atoms with E-state index in [1.165, 1.54) is 0 Å². The van der Waals surface area contributed by atoms with Crippen molar-refractivity contribution in [1.29, 1.82) is 0 Å². The molecule has 2 atom stereocenters. The van der Waals surface area contributed by atoms with Gasteiger partial charge in [0.05, 0.1) is 27.9 Å². The van der Waals surface area contributed by atoms with Crippen LogP contribution < -0.4 is 21.5 Å². The number of hydrogen-bond acceptors (Lipinski definition) is 6. The van der Waals surface area contributed by atoms with Crippen molar-refractivity contribution in [3.05, 3.63) is 52.6 Å². The SMILES string of the molecule is O=c1[nH]c2cc(NC3CCNC3)c(F)cc2c(NC2CN3CCC2CC3)c1-c1nc2ccccc2[nH]1. The molecule has 0 radical (unpaired) electrons. The Morgan fingerprint density at radius 3 is 2.64 bits per heavy atom. The maximum Gasteiger partial charge on any atom is 0.261 e. The average Bonchev–Trinajstić information content (AvgIpc) is 3.55. The van der Waals surface area contributed by atoms with Crippen LogP contribution in [0.2, 0.25) is 0 Å². The van der Waals surface area contributed by atoms with Crippen LogP contribution in [0.4, 0.5) is 15.8 Å². The fourth-order valence-corrected chi connectivity index (χ4v) is 6.19. The standard InChI is InChI=1S/C27H30FN7O/c28-18-11-17-21(12-22(18)30-16-5-8-29-13-16)34-27(36)24(26-32-19-3-1-2-4-20(19)33-26)25(17)31-23-14-35-9-6-15(23)7-10-35/h1-4,11-12,15-16,23,29-30H,5-10,13-14H2,(H,32,33)(H2,31,34,36). The summed E-state index contributed by atoms with van der Waals surface area (Å²) in [4.78, 5) is 27.1. The van der Waals surface area contributed by atoms with Gasteiger partial charge >= 0.3 is 0 Å². The zero-order valence-electron chi connectivity index (χ0n) is 20.0. The fraction of sp³-hybridized carbons (Fsp3) is 0.407. The number of piperidine rings is 3. The van der Waals surface area contributed by atoms with Gasteiger partial charge in [-0.15, -0.1) is 0 Å². The Labute approximate surface area is 207 Å². The Bertz CT molecular complexity index is 1460. The molecule has 2 unspecified atom stereocenters. The minimum absolute atomic E-state index is 0.169. The molecule has 36 heavy (non-hydrogen) atoms. The summed E-state index contributed by atoms with van der Waals surface area (Å²) < 4.78 is 15.4. The van der Waals surface area contributed by atoms with Gasteiger partial charge in [-0.2, -0.15) is 0 Å². The number of aromatic nitrogens is 3. The Balaban J connectivity index is 1.38. The number of pyridine rings is 1. The van der Waals surface area contributed by atoms with Crippen molar-refractivity contribution < 1.29 is 4.39 Å². The third kappa shape index (κ3) is 3.74. The Morgan fingerprint density at radius 1 is 1.03 bits per heavy atom. The molecule has 4 aliphatic heterocycles. The van der Waals surface area contributed by atoms with Crippen molar-refractivity contribution in [2.75, 3.05) is 43.4 Å². The van der Waals surface area contributed by atoms with Gasteiger partial charge in [0.15, 0.2) is 0 Å². The molecule has 8 nitrogen and oxygen atoms in total. The molecule has 0 aliphatic carbocycles. The van der Waals surface area contributed by atoms with E-state index in [-0.39, 0.29) is 23.5 Å². The Hall–Kier alpha value is -3.43. The van der Waals surface area contributed by atoms with E-state index in [9.17, 15) is 4.79 Å². The lowest BCUT2D eigenvalue weighted by atomic mass is 9.83. The summed E-state index contributed by atoms with van der Waals surface area (Å²) in [5, 5.41) is 11.0. The van der Waals surface area contributed by atoms with E-state index in [1.54, 1.807) is 12.1 Å². The second-order valence-electron chi connectivity index (χ2n) is 10.4. The van der Waals surface area contributed by atoms with Crippen LogP contribution in [0.5, 0.6) is 0 Å². The van der Waals surface area contributed by atoms with Gasteiger partial charge in [0, 0.05) is 30.6 Å². The van der Waals surface area contributed by atoms with Crippen molar-refractivity contribution >= 4 is 33.3 Å². The molecule has 2 bridgehead atoms. The summed E-state index contributed by atoms with van der Waals surface area (Å²) in [5.74, 6) is 0.699. The van der Waals surface area contributed by atoms with E-state index in [0.29, 0.717) is 39.6 Å². The van der Waals surface area contributed by atoms with Gasteiger partial charge in [-0.25, -0.2) is 9.37 Å². The fourth-order valence-electron chi connectivity index (χ4n) is 6.19. The molecule has 0 saturated carbocycles. The van der Waals surface area contributed by atoms with Crippen LogP contribution in [-0.4, -0.2) is 64.7 Å². The molecule has 186 valence electrons. The molecule has 0 amide bonds. The van der Waals surface area contributed by atoms with Crippen molar-refractivity contribution in [3.63, 3.8) is 0 Å². The topological polar surface area (TPSA) is 101 Å². The second kappa shape index (κ2) is 8.60. The third-order valence-electron chi connectivity index (χ3n) is 8.13. The van der Waals surface area contributed by atoms with Gasteiger partial charge in [-0.3, -0.25) is 4.79 Å². The molecule has 2 aromatic carbocycles. The van der Waals surface area contributed by atoms with Gasteiger partial charge in [-0.1, -0.05) is 12.1 Å². The number of anilines is 2. The molecule has 0 spiro atoms. The van der Waals surface area contributed by atoms with Crippen LogP contribution in [0, 0.1) is 11.7 Å². The maximum absolute atomic E-state index is 15.4. The summed E-state index contributed by atoms with van der Waals surface area (Å²) in [5.41, 5.74) is 3.50. The highest BCUT2D eigenvalue weighted by Crippen LogP contribution is 2.37. The summed E-state index contributed by atoms with van der Waals surface area (Å²) in [6.45, 7) is 4.88. The number of nitrogens with one attached hydrogen (secondary N) is 5. The second-order valence-corrected chi connectivity index (χ2v) is 10.4. The Morgan fingerprint density at radius 2 is 1.89 bits per heavy atom. The predicted octanol–water partition coefficient (Wildman–Crippen LogP) is 3.49. The van der Waals surface area contributed by atoms with Gasteiger partial charge in [0.1, 0.15) is 17.2 Å². The molecular weight excluding hydrogens is 457 g/mol. The first kappa shape index (κ1) is 21.8. The lowest BCUT2D eigenvalue weighted by Crippen LogP contribution is -2.53. The van der Waals surface area contributed by atoms with Crippen molar-refractivity contribution in [2.45, 2.75) is 31.3 Å². The first-order valence-electron chi connectivity index (χ1n) is 12.9. The number of benzene rings is 2. The molecule has 2 aromatic heterocycles. The number of fused-ring (bicyclic) bond motifs is 5. The molecular formula is C27H30FN7O. The van der Waals surface area contributed by atoms with Crippen molar-refractivity contribution in [1.82, 2.24) is 25.2 Å². The summed E-state index contributed by atoms with van der Waals surface area (Å²) >= 11 is 0. The highest BCUT2D eigenvalue weighted by molar-refractivity contribution is 6.00. The first-order valence-corrected chi connectivity index (χ1v) is 12.9. The van der Waals surface area contributed by atoms with Crippen LogP contribution in [0.15, 0.2) is 41.2 Å². The Kier molecular flexibility index (Phi) is 5.21. The molecule has 4 fully saturated rings. The number of rotatable bonds is 5. The monoisotopic (exact) mass is 487 g/mol. The minimum atomic E-state index is -0.325. The van der Waals surface area contributed by atoms with E-state index < -0.39 is 0 Å². The summed E-state index contributed by atoms with van der Waals surface area (Å²) in [7, 11) is 0. The van der Waals surface area contributed by atoms with Crippen LogP contribution in [0.1, 0.15) is 19.3 Å². The number of aromatic amines is 2. The lowest BCUT2D eigenvalue weighted by molar-refractivity contribution is 0.0976. The number of halogens is 1. The van der Waals surface area contributed by atoms with E-state index in [1.807, 2.05) is 24.3 Å². The van der Waals surface area contributed by atoms with Crippen molar-refractivity contribution in [3.8, 4) is 11.4 Å². The molecule has 4 saturated heterocycles. The smallest absolute Gasteiger partial charge is 0.261 e. The molecule has 4 aromatic rings. The van der Waals surface area contributed by atoms with Gasteiger partial charge in [0.25, 0.3) is 5.56 Å². The highest BCUT2D eigenvalue weighted by atomic mass is 19.1. The van der Waals surface area contributed by atoms with E-state index >= 15 is 4.39 Å². The van der Waals surface area contributed by atoms with Crippen LogP contribution >= 0.6 is 0 Å². The number of para-hydroxylation sites is 2. The number of hydrogen-bond donors (Lipinski definition) is 5. The maximum atomic E-state index is 15.4. The summed E-state index contributed by atoms with van der Waals surface area (Å²) in [6, 6.07) is 11.4. The molecule has 9 heteroatoms. The molecule has 4 aliphatic rings. The average molecular weight is 488 g/mol. The zero-order chi connectivity index (χ0) is 24.2.